The van der Waals surface area contributed by atoms with E-state index in [-0.39, 0.29) is 18.1 Å². The van der Waals surface area contributed by atoms with Crippen LogP contribution < -0.4 is 0 Å². The normalized spacial score (nSPS) is 12.0. The number of carboxylic acids is 1. The Balaban J connectivity index is 3.72. The summed E-state index contributed by atoms with van der Waals surface area (Å²) in [5.41, 5.74) is 0. The Morgan fingerprint density at radius 3 is 1.29 bits per heavy atom. The molecule has 0 heterocycles. The van der Waals surface area contributed by atoms with Gasteiger partial charge in [-0.05, 0) is 12.8 Å². The molecule has 1 atom stereocenters. The van der Waals surface area contributed by atoms with Gasteiger partial charge in [0.2, 0.25) is 0 Å². The van der Waals surface area contributed by atoms with Gasteiger partial charge in [-0.1, -0.05) is 168 Å². The van der Waals surface area contributed by atoms with Crippen molar-refractivity contribution in [2.45, 2.75) is 205 Å². The highest BCUT2D eigenvalue weighted by atomic mass is 32.2. The van der Waals surface area contributed by atoms with Crippen molar-refractivity contribution in [1.82, 2.24) is 0 Å². The SMILES string of the molecule is CCCCCCCCCCCCCCCCCCC(CC(=O)O)SCCC(=O)OC(=O)CCCCCCCCCCC. The number of ether oxygens (including phenoxy) is 1. The van der Waals surface area contributed by atoms with E-state index in [1.165, 1.54) is 140 Å². The van der Waals surface area contributed by atoms with Crippen LogP contribution in [0, 0.1) is 0 Å². The highest BCUT2D eigenvalue weighted by Gasteiger charge is 2.16. The molecule has 1 unspecified atom stereocenters. The number of carbonyl (C=O) groups is 3. The fourth-order valence-electron chi connectivity index (χ4n) is 5.48. The minimum atomic E-state index is -0.789. The lowest BCUT2D eigenvalue weighted by atomic mass is 10.0. The fourth-order valence-corrected chi connectivity index (χ4v) is 6.69. The molecule has 0 aromatic rings. The maximum atomic E-state index is 12.1. The second-order valence-corrected chi connectivity index (χ2v) is 13.8. The zero-order chi connectivity index (χ0) is 30.9. The summed E-state index contributed by atoms with van der Waals surface area (Å²) in [7, 11) is 0. The number of esters is 2. The molecular formula is C36H68O5S. The zero-order valence-electron chi connectivity index (χ0n) is 27.8. The number of hydrogen-bond donors (Lipinski definition) is 1. The molecule has 0 rings (SSSR count). The van der Waals surface area contributed by atoms with Crippen LogP contribution in [0.25, 0.3) is 0 Å². The van der Waals surface area contributed by atoms with E-state index in [0.717, 1.165) is 38.5 Å². The molecule has 0 radical (unpaired) electrons. The maximum Gasteiger partial charge on any atom is 0.314 e. The fraction of sp³-hybridized carbons (Fsp3) is 0.917. The standard InChI is InChI=1S/C36H68O5S/c1-3-5-7-9-11-13-14-15-16-17-18-19-21-22-24-26-28-33(32-34(37)38)42-31-30-36(40)41-35(39)29-27-25-23-20-12-10-8-6-4-2/h33H,3-32H2,1-2H3,(H,37,38). The topological polar surface area (TPSA) is 80.7 Å². The van der Waals surface area contributed by atoms with E-state index in [1.807, 2.05) is 0 Å². The molecular weight excluding hydrogens is 544 g/mol. The predicted octanol–water partition coefficient (Wildman–Crippen LogP) is 11.6. The minimum Gasteiger partial charge on any atom is -0.481 e. The summed E-state index contributed by atoms with van der Waals surface area (Å²) in [6.45, 7) is 4.50. The first-order valence-electron chi connectivity index (χ1n) is 18.1. The van der Waals surface area contributed by atoms with Gasteiger partial charge in [0.15, 0.2) is 0 Å². The summed E-state index contributed by atoms with van der Waals surface area (Å²) >= 11 is 1.53. The summed E-state index contributed by atoms with van der Waals surface area (Å²) < 4.78 is 4.97. The van der Waals surface area contributed by atoms with Gasteiger partial charge in [0.1, 0.15) is 0 Å². The van der Waals surface area contributed by atoms with Crippen LogP contribution in [0.5, 0.6) is 0 Å². The Morgan fingerprint density at radius 1 is 0.524 bits per heavy atom. The van der Waals surface area contributed by atoms with Crippen molar-refractivity contribution in [3.05, 3.63) is 0 Å². The maximum absolute atomic E-state index is 12.1. The number of unbranched alkanes of at least 4 members (excludes halogenated alkanes) is 23. The molecule has 248 valence electrons. The van der Waals surface area contributed by atoms with Gasteiger partial charge in [0, 0.05) is 17.4 Å². The van der Waals surface area contributed by atoms with Gasteiger partial charge >= 0.3 is 17.9 Å². The number of hydrogen-bond acceptors (Lipinski definition) is 5. The summed E-state index contributed by atoms with van der Waals surface area (Å²) in [5, 5.41) is 9.30. The van der Waals surface area contributed by atoms with Crippen LogP contribution in [0.1, 0.15) is 200 Å². The van der Waals surface area contributed by atoms with E-state index in [0.29, 0.717) is 12.2 Å². The number of carbonyl (C=O) groups excluding carboxylic acids is 2. The minimum absolute atomic E-state index is 0.0135. The third kappa shape index (κ3) is 31.9. The molecule has 0 bridgehead atoms. The quantitative estimate of drug-likeness (QED) is 0.0451. The van der Waals surface area contributed by atoms with Crippen LogP contribution in [0.15, 0.2) is 0 Å². The molecule has 5 nitrogen and oxygen atoms in total. The first kappa shape index (κ1) is 41.0. The Hall–Kier alpha value is -1.04. The molecule has 0 saturated carbocycles. The summed E-state index contributed by atoms with van der Waals surface area (Å²) in [5.74, 6) is -1.20. The van der Waals surface area contributed by atoms with Gasteiger partial charge in [-0.3, -0.25) is 14.4 Å². The van der Waals surface area contributed by atoms with Gasteiger partial charge in [0.05, 0.1) is 12.8 Å². The lowest BCUT2D eigenvalue weighted by molar-refractivity contribution is -0.159. The van der Waals surface area contributed by atoms with Crippen molar-refractivity contribution in [3.63, 3.8) is 0 Å². The van der Waals surface area contributed by atoms with E-state index in [1.54, 1.807) is 0 Å². The Morgan fingerprint density at radius 2 is 0.881 bits per heavy atom. The Labute approximate surface area is 264 Å². The van der Waals surface area contributed by atoms with Crippen molar-refractivity contribution in [2.24, 2.45) is 0 Å². The highest BCUT2D eigenvalue weighted by Crippen LogP contribution is 2.23. The third-order valence-electron chi connectivity index (χ3n) is 8.15. The largest absolute Gasteiger partial charge is 0.481 e. The van der Waals surface area contributed by atoms with Crippen molar-refractivity contribution >= 4 is 29.7 Å². The van der Waals surface area contributed by atoms with Crippen molar-refractivity contribution < 1.29 is 24.2 Å². The molecule has 0 aliphatic heterocycles. The van der Waals surface area contributed by atoms with Crippen molar-refractivity contribution in [3.8, 4) is 0 Å². The van der Waals surface area contributed by atoms with E-state index in [4.69, 9.17) is 4.74 Å². The van der Waals surface area contributed by atoms with Crippen molar-refractivity contribution in [1.29, 1.82) is 0 Å². The molecule has 0 aromatic carbocycles. The van der Waals surface area contributed by atoms with Crippen LogP contribution in [0.4, 0.5) is 0 Å². The number of thioether (sulfide) groups is 1. The second-order valence-electron chi connectivity index (χ2n) is 12.4. The predicted molar refractivity (Wildman–Crippen MR) is 180 cm³/mol. The molecule has 0 saturated heterocycles. The zero-order valence-corrected chi connectivity index (χ0v) is 28.6. The van der Waals surface area contributed by atoms with E-state index in [9.17, 15) is 19.5 Å². The highest BCUT2D eigenvalue weighted by molar-refractivity contribution is 7.99. The molecule has 0 aromatic heterocycles. The monoisotopic (exact) mass is 612 g/mol. The summed E-state index contributed by atoms with van der Waals surface area (Å²) in [6.07, 6.45) is 33.3. The molecule has 0 aliphatic rings. The molecule has 6 heteroatoms. The van der Waals surface area contributed by atoms with E-state index < -0.39 is 17.9 Å². The van der Waals surface area contributed by atoms with Gasteiger partial charge in [-0.2, -0.15) is 11.8 Å². The Bertz CT molecular complexity index is 624. The summed E-state index contributed by atoms with van der Waals surface area (Å²) in [6, 6.07) is 0. The first-order chi connectivity index (χ1) is 20.5. The van der Waals surface area contributed by atoms with Gasteiger partial charge < -0.3 is 9.84 Å². The van der Waals surface area contributed by atoms with Gasteiger partial charge in [0.25, 0.3) is 0 Å². The molecule has 0 amide bonds. The number of aliphatic carboxylic acids is 1. The van der Waals surface area contributed by atoms with Crippen LogP contribution in [-0.2, 0) is 19.1 Å². The first-order valence-corrected chi connectivity index (χ1v) is 19.1. The molecule has 0 spiro atoms. The van der Waals surface area contributed by atoms with Crippen LogP contribution in [0.2, 0.25) is 0 Å². The van der Waals surface area contributed by atoms with Gasteiger partial charge in [-0.15, -0.1) is 0 Å². The van der Waals surface area contributed by atoms with Crippen LogP contribution >= 0.6 is 11.8 Å². The number of rotatable bonds is 33. The smallest absolute Gasteiger partial charge is 0.314 e. The van der Waals surface area contributed by atoms with Crippen LogP contribution in [-0.4, -0.2) is 34.0 Å². The lowest BCUT2D eigenvalue weighted by Gasteiger charge is -2.14. The average Bonchev–Trinajstić information content (AvgIpc) is 2.95. The summed E-state index contributed by atoms with van der Waals surface area (Å²) in [4.78, 5) is 35.3. The average molecular weight is 613 g/mol. The van der Waals surface area contributed by atoms with Gasteiger partial charge in [-0.25, -0.2) is 0 Å². The van der Waals surface area contributed by atoms with Crippen molar-refractivity contribution in [2.75, 3.05) is 5.75 Å². The molecule has 42 heavy (non-hydrogen) atoms. The van der Waals surface area contributed by atoms with E-state index >= 15 is 0 Å². The lowest BCUT2D eigenvalue weighted by Crippen LogP contribution is -2.15. The van der Waals surface area contributed by atoms with Crippen LogP contribution in [0.3, 0.4) is 0 Å². The molecule has 1 N–H and O–H groups in total. The molecule has 0 aliphatic carbocycles. The third-order valence-corrected chi connectivity index (χ3v) is 9.47. The second kappa shape index (κ2) is 32.9. The van der Waals surface area contributed by atoms with E-state index in [2.05, 4.69) is 13.8 Å². The molecule has 0 fully saturated rings. The Kier molecular flexibility index (Phi) is 32.1. The number of carboxylic acid groups (broad SMARTS) is 1.